The molecule has 4 N–H and O–H groups in total. The lowest BCUT2D eigenvalue weighted by atomic mass is 10.2. The topological polar surface area (TPSA) is 75.3 Å². The highest BCUT2D eigenvalue weighted by atomic mass is 32.1. The van der Waals surface area contributed by atoms with Crippen LogP contribution < -0.4 is 16.4 Å². The highest BCUT2D eigenvalue weighted by molar-refractivity contribution is 7.80. The minimum atomic E-state index is 0.288. The predicted molar refractivity (Wildman–Crippen MR) is 78.4 cm³/mol. The van der Waals surface area contributed by atoms with E-state index >= 15 is 0 Å². The maximum absolute atomic E-state index is 5.60. The van der Waals surface area contributed by atoms with Gasteiger partial charge in [0.05, 0.1) is 6.54 Å². The van der Waals surface area contributed by atoms with Crippen molar-refractivity contribution in [2.24, 2.45) is 10.7 Å². The molecule has 0 amide bonds. The molecule has 0 saturated carbocycles. The first-order valence-electron chi connectivity index (χ1n) is 5.57. The molecule has 96 valence electrons. The first kappa shape index (κ1) is 14.1. The number of rotatable bonds is 5. The summed E-state index contributed by atoms with van der Waals surface area (Å²) < 4.78 is 0. The van der Waals surface area contributed by atoms with Crippen LogP contribution in [0.15, 0.2) is 42.2 Å². The van der Waals surface area contributed by atoms with E-state index in [4.69, 9.17) is 18.0 Å². The molecule has 0 aliphatic heterocycles. The van der Waals surface area contributed by atoms with Crippen molar-refractivity contribution in [3.8, 4) is 0 Å². The van der Waals surface area contributed by atoms with Crippen LogP contribution in [0, 0.1) is 0 Å². The van der Waals surface area contributed by atoms with Crippen LogP contribution in [-0.2, 0) is 6.42 Å². The van der Waals surface area contributed by atoms with E-state index < -0.39 is 0 Å². The summed E-state index contributed by atoms with van der Waals surface area (Å²) in [6.45, 7) is 4.75. The van der Waals surface area contributed by atoms with Crippen LogP contribution >= 0.6 is 12.2 Å². The van der Waals surface area contributed by atoms with Crippen LogP contribution in [0.5, 0.6) is 0 Å². The Morgan fingerprint density at radius 1 is 1.50 bits per heavy atom. The van der Waals surface area contributed by atoms with Gasteiger partial charge in [0.1, 0.15) is 0 Å². The zero-order chi connectivity index (χ0) is 13.2. The third-order valence-electron chi connectivity index (χ3n) is 2.08. The standard InChI is InChI=1S/C12H17N5S/c1-2-6-15-11(13)17-12(18)16-9-5-10-3-7-14-8-4-10/h2-4,7-8H,1,5-6,9H2,(H4,13,15,16,17,18). The Kier molecular flexibility index (Phi) is 6.42. The van der Waals surface area contributed by atoms with Gasteiger partial charge in [0.25, 0.3) is 0 Å². The van der Waals surface area contributed by atoms with Crippen LogP contribution in [0.2, 0.25) is 0 Å². The molecule has 1 aromatic rings. The molecule has 18 heavy (non-hydrogen) atoms. The quantitative estimate of drug-likeness (QED) is 0.314. The molecule has 0 atom stereocenters. The summed E-state index contributed by atoms with van der Waals surface area (Å²) in [6, 6.07) is 3.94. The van der Waals surface area contributed by atoms with Gasteiger partial charge in [-0.15, -0.1) is 6.58 Å². The molecule has 1 aromatic heterocycles. The fourth-order valence-corrected chi connectivity index (χ4v) is 1.44. The molecule has 0 aliphatic carbocycles. The molecule has 0 radical (unpaired) electrons. The van der Waals surface area contributed by atoms with E-state index in [1.807, 2.05) is 12.1 Å². The number of nitrogens with zero attached hydrogens (tertiary/aromatic N) is 2. The number of nitrogens with one attached hydrogen (secondary N) is 2. The van der Waals surface area contributed by atoms with Gasteiger partial charge in [-0.25, -0.2) is 4.99 Å². The lowest BCUT2D eigenvalue weighted by Crippen LogP contribution is -2.43. The maximum atomic E-state index is 5.60. The van der Waals surface area contributed by atoms with E-state index in [9.17, 15) is 0 Å². The molecular weight excluding hydrogens is 246 g/mol. The van der Waals surface area contributed by atoms with Gasteiger partial charge in [0.2, 0.25) is 0 Å². The van der Waals surface area contributed by atoms with E-state index in [0.717, 1.165) is 13.0 Å². The number of hydrogen-bond acceptors (Lipinski definition) is 3. The van der Waals surface area contributed by atoms with Gasteiger partial charge in [0, 0.05) is 18.9 Å². The van der Waals surface area contributed by atoms with Crippen molar-refractivity contribution in [3.63, 3.8) is 0 Å². The number of guanidine groups is 1. The SMILES string of the molecule is C=CCN=C(N)NC(=S)NCCc1ccncc1. The third kappa shape index (κ3) is 5.95. The highest BCUT2D eigenvalue weighted by Crippen LogP contribution is 1.95. The summed E-state index contributed by atoms with van der Waals surface area (Å²) in [6.07, 6.45) is 6.07. The average molecular weight is 263 g/mol. The highest BCUT2D eigenvalue weighted by Gasteiger charge is 1.97. The largest absolute Gasteiger partial charge is 0.370 e. The molecule has 5 nitrogen and oxygen atoms in total. The predicted octanol–water partition coefficient (Wildman–Crippen LogP) is 0.589. The molecule has 0 fully saturated rings. The molecule has 0 spiro atoms. The van der Waals surface area contributed by atoms with Gasteiger partial charge in [-0.1, -0.05) is 6.08 Å². The van der Waals surface area contributed by atoms with Gasteiger partial charge < -0.3 is 16.4 Å². The maximum Gasteiger partial charge on any atom is 0.195 e. The second-order valence-electron chi connectivity index (χ2n) is 3.50. The minimum Gasteiger partial charge on any atom is -0.370 e. The van der Waals surface area contributed by atoms with E-state index in [0.29, 0.717) is 11.7 Å². The number of aliphatic imine (C=N–C) groups is 1. The minimum absolute atomic E-state index is 0.288. The van der Waals surface area contributed by atoms with Crippen molar-refractivity contribution in [2.45, 2.75) is 6.42 Å². The van der Waals surface area contributed by atoms with Crippen molar-refractivity contribution in [1.82, 2.24) is 15.6 Å². The Morgan fingerprint density at radius 3 is 2.89 bits per heavy atom. The van der Waals surface area contributed by atoms with Crippen molar-refractivity contribution < 1.29 is 0 Å². The lowest BCUT2D eigenvalue weighted by molar-refractivity contribution is 0.858. The number of nitrogens with two attached hydrogens (primary N) is 1. The molecule has 0 aromatic carbocycles. The van der Waals surface area contributed by atoms with Crippen molar-refractivity contribution in [3.05, 3.63) is 42.7 Å². The van der Waals surface area contributed by atoms with Crippen LogP contribution in [0.4, 0.5) is 0 Å². The number of pyridine rings is 1. The van der Waals surface area contributed by atoms with Crippen molar-refractivity contribution in [1.29, 1.82) is 0 Å². The number of thiocarbonyl (C=S) groups is 1. The van der Waals surface area contributed by atoms with Gasteiger partial charge in [-0.3, -0.25) is 4.98 Å². The second kappa shape index (κ2) is 8.19. The van der Waals surface area contributed by atoms with Crippen LogP contribution in [0.1, 0.15) is 5.56 Å². The fraction of sp³-hybridized carbons (Fsp3) is 0.250. The Bertz CT molecular complexity index is 416. The van der Waals surface area contributed by atoms with Crippen LogP contribution in [-0.4, -0.2) is 29.1 Å². The van der Waals surface area contributed by atoms with Gasteiger partial charge >= 0.3 is 0 Å². The third-order valence-corrected chi connectivity index (χ3v) is 2.33. The second-order valence-corrected chi connectivity index (χ2v) is 3.91. The molecule has 1 heterocycles. The summed E-state index contributed by atoms with van der Waals surface area (Å²) >= 11 is 5.07. The molecule has 6 heteroatoms. The number of hydrogen-bond donors (Lipinski definition) is 3. The Hall–Kier alpha value is -1.95. The molecular formula is C12H17N5S. The monoisotopic (exact) mass is 263 g/mol. The fourth-order valence-electron chi connectivity index (χ4n) is 1.23. The molecule has 0 unspecified atom stereocenters. The summed E-state index contributed by atoms with van der Waals surface area (Å²) in [5.41, 5.74) is 6.80. The normalized spacial score (nSPS) is 10.8. The number of aromatic nitrogens is 1. The first-order chi connectivity index (χ1) is 8.72. The Labute approximate surface area is 112 Å². The van der Waals surface area contributed by atoms with E-state index in [1.165, 1.54) is 5.56 Å². The van der Waals surface area contributed by atoms with Gasteiger partial charge in [0.15, 0.2) is 11.1 Å². The van der Waals surface area contributed by atoms with E-state index in [2.05, 4.69) is 27.2 Å². The van der Waals surface area contributed by atoms with Crippen LogP contribution in [0.3, 0.4) is 0 Å². The van der Waals surface area contributed by atoms with Gasteiger partial charge in [-0.2, -0.15) is 0 Å². The Morgan fingerprint density at radius 2 is 2.22 bits per heavy atom. The zero-order valence-electron chi connectivity index (χ0n) is 10.1. The summed E-state index contributed by atoms with van der Waals surface area (Å²) in [7, 11) is 0. The zero-order valence-corrected chi connectivity index (χ0v) is 10.9. The summed E-state index contributed by atoms with van der Waals surface area (Å²) in [5, 5.41) is 6.31. The van der Waals surface area contributed by atoms with E-state index in [1.54, 1.807) is 18.5 Å². The Balaban J connectivity index is 2.23. The molecule has 0 bridgehead atoms. The summed E-state index contributed by atoms with van der Waals surface area (Å²) in [5.74, 6) is 0.288. The average Bonchev–Trinajstić information content (AvgIpc) is 2.37. The molecule has 0 aliphatic rings. The van der Waals surface area contributed by atoms with Gasteiger partial charge in [-0.05, 0) is 36.3 Å². The lowest BCUT2D eigenvalue weighted by Gasteiger charge is -2.09. The van der Waals surface area contributed by atoms with Crippen LogP contribution in [0.25, 0.3) is 0 Å². The van der Waals surface area contributed by atoms with E-state index in [-0.39, 0.29) is 5.96 Å². The first-order valence-corrected chi connectivity index (χ1v) is 5.97. The summed E-state index contributed by atoms with van der Waals surface area (Å²) in [4.78, 5) is 7.94. The molecule has 1 rings (SSSR count). The molecule has 0 saturated heterocycles. The van der Waals surface area contributed by atoms with Crippen molar-refractivity contribution in [2.75, 3.05) is 13.1 Å². The van der Waals surface area contributed by atoms with Crippen molar-refractivity contribution >= 4 is 23.3 Å². The smallest absolute Gasteiger partial charge is 0.195 e.